The lowest BCUT2D eigenvalue weighted by Crippen LogP contribution is -2.38. The second kappa shape index (κ2) is 8.29. The molecule has 0 saturated carbocycles. The zero-order chi connectivity index (χ0) is 19.4. The van der Waals surface area contributed by atoms with Gasteiger partial charge >= 0.3 is 0 Å². The van der Waals surface area contributed by atoms with Crippen LogP contribution in [0.15, 0.2) is 34.7 Å². The Balaban J connectivity index is 1.78. The van der Waals surface area contributed by atoms with Crippen molar-refractivity contribution in [2.75, 3.05) is 24.6 Å². The third kappa shape index (κ3) is 4.15. The van der Waals surface area contributed by atoms with Gasteiger partial charge in [0.05, 0.1) is 12.2 Å². The number of anilines is 1. The Morgan fingerprint density at radius 2 is 1.89 bits per heavy atom. The molecule has 1 aromatic heterocycles. The number of carbonyl (C=O) groups excluding carboxylic acids is 2. The predicted molar refractivity (Wildman–Crippen MR) is 103 cm³/mol. The van der Waals surface area contributed by atoms with Crippen molar-refractivity contribution in [3.8, 4) is 5.75 Å². The van der Waals surface area contributed by atoms with Crippen LogP contribution in [-0.2, 0) is 11.3 Å². The summed E-state index contributed by atoms with van der Waals surface area (Å²) in [5, 5.41) is 0. The Morgan fingerprint density at radius 1 is 1.15 bits per heavy atom. The van der Waals surface area contributed by atoms with Crippen LogP contribution in [0.4, 0.5) is 5.69 Å². The van der Waals surface area contributed by atoms with Crippen LogP contribution < -0.4 is 9.64 Å². The summed E-state index contributed by atoms with van der Waals surface area (Å²) in [6, 6.07) is 9.19. The lowest BCUT2D eigenvalue weighted by Gasteiger charge is -2.29. The third-order valence-corrected chi connectivity index (χ3v) is 4.52. The molecule has 0 saturated heterocycles. The smallest absolute Gasteiger partial charge is 0.289 e. The average molecular weight is 370 g/mol. The fourth-order valence-corrected chi connectivity index (χ4v) is 3.23. The maximum absolute atomic E-state index is 12.7. The largest absolute Gasteiger partial charge is 0.482 e. The minimum Gasteiger partial charge on any atom is -0.482 e. The molecule has 6 heteroatoms. The van der Waals surface area contributed by atoms with Gasteiger partial charge in [-0.15, -0.1) is 0 Å². The fraction of sp³-hybridized carbons (Fsp3) is 0.429. The average Bonchev–Trinajstić information content (AvgIpc) is 3.12. The molecule has 27 heavy (non-hydrogen) atoms. The molecule has 0 unspecified atom stereocenters. The molecule has 1 aromatic carbocycles. The van der Waals surface area contributed by atoms with E-state index in [-0.39, 0.29) is 25.0 Å². The van der Waals surface area contributed by atoms with E-state index in [0.29, 0.717) is 30.4 Å². The van der Waals surface area contributed by atoms with Gasteiger partial charge < -0.3 is 14.1 Å². The summed E-state index contributed by atoms with van der Waals surface area (Å²) < 4.78 is 11.3. The summed E-state index contributed by atoms with van der Waals surface area (Å²) in [7, 11) is 0. The fourth-order valence-electron chi connectivity index (χ4n) is 3.23. The van der Waals surface area contributed by atoms with Crippen molar-refractivity contribution in [2.24, 2.45) is 0 Å². The SMILES string of the molecule is CCCN(CCC)C(=O)c1ccc(CN2C(=O)COc3cc(C)ccc32)o1. The van der Waals surface area contributed by atoms with Gasteiger partial charge in [0.15, 0.2) is 12.4 Å². The maximum Gasteiger partial charge on any atom is 0.289 e. The second-order valence-electron chi connectivity index (χ2n) is 6.80. The van der Waals surface area contributed by atoms with Gasteiger partial charge in [0.25, 0.3) is 11.8 Å². The van der Waals surface area contributed by atoms with Gasteiger partial charge in [-0.1, -0.05) is 19.9 Å². The molecule has 0 atom stereocenters. The van der Waals surface area contributed by atoms with Crippen molar-refractivity contribution in [3.05, 3.63) is 47.4 Å². The van der Waals surface area contributed by atoms with Crippen molar-refractivity contribution in [2.45, 2.75) is 40.2 Å². The number of furan rings is 1. The molecule has 0 N–H and O–H groups in total. The molecule has 2 aromatic rings. The van der Waals surface area contributed by atoms with Crippen LogP contribution in [0, 0.1) is 6.92 Å². The monoisotopic (exact) mass is 370 g/mol. The van der Waals surface area contributed by atoms with E-state index in [2.05, 4.69) is 0 Å². The number of hydrogen-bond donors (Lipinski definition) is 0. The quantitative estimate of drug-likeness (QED) is 0.744. The molecule has 0 spiro atoms. The van der Waals surface area contributed by atoms with Crippen molar-refractivity contribution < 1.29 is 18.7 Å². The molecular weight excluding hydrogens is 344 g/mol. The summed E-state index contributed by atoms with van der Waals surface area (Å²) in [6.07, 6.45) is 1.80. The van der Waals surface area contributed by atoms with Crippen molar-refractivity contribution in [1.82, 2.24) is 4.90 Å². The van der Waals surface area contributed by atoms with Crippen LogP contribution >= 0.6 is 0 Å². The molecule has 3 rings (SSSR count). The molecule has 0 radical (unpaired) electrons. The van der Waals surface area contributed by atoms with Crippen molar-refractivity contribution in [3.63, 3.8) is 0 Å². The van der Waals surface area contributed by atoms with Crippen LogP contribution in [0.3, 0.4) is 0 Å². The lowest BCUT2D eigenvalue weighted by atomic mass is 10.1. The Hall–Kier alpha value is -2.76. The van der Waals surface area contributed by atoms with Gasteiger partial charge in [-0.2, -0.15) is 0 Å². The molecule has 2 heterocycles. The maximum atomic E-state index is 12.7. The zero-order valence-electron chi connectivity index (χ0n) is 16.2. The number of aryl methyl sites for hydroxylation is 1. The van der Waals surface area contributed by atoms with E-state index < -0.39 is 0 Å². The van der Waals surface area contributed by atoms with E-state index in [1.165, 1.54) is 0 Å². The summed E-state index contributed by atoms with van der Waals surface area (Å²) in [4.78, 5) is 28.5. The van der Waals surface area contributed by atoms with Gasteiger partial charge in [0.1, 0.15) is 11.5 Å². The highest BCUT2D eigenvalue weighted by Crippen LogP contribution is 2.34. The topological polar surface area (TPSA) is 63.0 Å². The van der Waals surface area contributed by atoms with E-state index >= 15 is 0 Å². The molecule has 144 valence electrons. The molecule has 1 aliphatic rings. The van der Waals surface area contributed by atoms with Crippen LogP contribution in [-0.4, -0.2) is 36.4 Å². The number of nitrogens with zero attached hydrogens (tertiary/aromatic N) is 2. The van der Waals surface area contributed by atoms with Crippen LogP contribution in [0.2, 0.25) is 0 Å². The van der Waals surface area contributed by atoms with Crippen molar-refractivity contribution >= 4 is 17.5 Å². The van der Waals surface area contributed by atoms with Crippen LogP contribution in [0.25, 0.3) is 0 Å². The molecule has 0 fully saturated rings. The first-order valence-electron chi connectivity index (χ1n) is 9.45. The van der Waals surface area contributed by atoms with E-state index in [1.807, 2.05) is 39.0 Å². The number of amides is 2. The zero-order valence-corrected chi connectivity index (χ0v) is 16.2. The molecule has 1 aliphatic heterocycles. The standard InChI is InChI=1S/C21H26N2O4/c1-4-10-22(11-5-2)21(25)18-9-7-16(27-18)13-23-17-8-6-15(3)12-19(17)26-14-20(23)24/h6-9,12H,4-5,10-11,13-14H2,1-3H3. The minimum atomic E-state index is -0.130. The van der Waals surface area contributed by atoms with E-state index in [0.717, 1.165) is 24.1 Å². The first kappa shape index (κ1) is 19.0. The first-order chi connectivity index (χ1) is 13.0. The van der Waals surface area contributed by atoms with E-state index in [9.17, 15) is 9.59 Å². The van der Waals surface area contributed by atoms with Crippen LogP contribution in [0.1, 0.15) is 48.6 Å². The van der Waals surface area contributed by atoms with Crippen LogP contribution in [0.5, 0.6) is 5.75 Å². The summed E-state index contributed by atoms with van der Waals surface area (Å²) in [5.41, 5.74) is 1.79. The number of ether oxygens (including phenoxy) is 1. The van der Waals surface area contributed by atoms with Gasteiger partial charge in [-0.05, 0) is 49.6 Å². The van der Waals surface area contributed by atoms with Gasteiger partial charge in [-0.3, -0.25) is 14.5 Å². The molecule has 0 aliphatic carbocycles. The van der Waals surface area contributed by atoms with Gasteiger partial charge in [-0.25, -0.2) is 0 Å². The second-order valence-corrected chi connectivity index (χ2v) is 6.80. The highest BCUT2D eigenvalue weighted by molar-refractivity contribution is 5.97. The Kier molecular flexibility index (Phi) is 5.84. The predicted octanol–water partition coefficient (Wildman–Crippen LogP) is 3.78. The Labute approximate surface area is 159 Å². The Morgan fingerprint density at radius 3 is 2.59 bits per heavy atom. The Bertz CT molecular complexity index is 821. The van der Waals surface area contributed by atoms with E-state index in [1.54, 1.807) is 21.9 Å². The number of benzene rings is 1. The number of carbonyl (C=O) groups is 2. The lowest BCUT2D eigenvalue weighted by molar-refractivity contribution is -0.121. The third-order valence-electron chi connectivity index (χ3n) is 4.52. The molecule has 6 nitrogen and oxygen atoms in total. The first-order valence-corrected chi connectivity index (χ1v) is 9.45. The normalized spacial score (nSPS) is 13.3. The summed E-state index contributed by atoms with van der Waals surface area (Å²) in [6.45, 7) is 7.76. The van der Waals surface area contributed by atoms with E-state index in [4.69, 9.17) is 9.15 Å². The molecular formula is C21H26N2O4. The summed E-state index contributed by atoms with van der Waals surface area (Å²) >= 11 is 0. The summed E-state index contributed by atoms with van der Waals surface area (Å²) in [5.74, 6) is 1.35. The molecule has 2 amide bonds. The van der Waals surface area contributed by atoms with Crippen molar-refractivity contribution in [1.29, 1.82) is 0 Å². The van der Waals surface area contributed by atoms with Gasteiger partial charge in [0, 0.05) is 13.1 Å². The highest BCUT2D eigenvalue weighted by atomic mass is 16.5. The number of hydrogen-bond acceptors (Lipinski definition) is 4. The van der Waals surface area contributed by atoms with Gasteiger partial charge in [0.2, 0.25) is 0 Å². The molecule has 0 bridgehead atoms. The number of fused-ring (bicyclic) bond motifs is 1. The number of rotatable bonds is 7. The minimum absolute atomic E-state index is 0.00370. The highest BCUT2D eigenvalue weighted by Gasteiger charge is 2.27.